The Morgan fingerprint density at radius 2 is 1.72 bits per heavy atom. The van der Waals surface area contributed by atoms with Gasteiger partial charge in [-0.3, -0.25) is 9.48 Å². The van der Waals surface area contributed by atoms with Gasteiger partial charge in [0.25, 0.3) is 10.0 Å². The molecule has 11 heteroatoms. The summed E-state index contributed by atoms with van der Waals surface area (Å²) in [7, 11) is -2.34. The highest BCUT2D eigenvalue weighted by Gasteiger charge is 2.21. The van der Waals surface area contributed by atoms with Crippen molar-refractivity contribution in [2.24, 2.45) is 7.05 Å². The smallest absolute Gasteiger partial charge is 0.267 e. The monoisotopic (exact) mass is 546 g/mol. The van der Waals surface area contributed by atoms with Crippen molar-refractivity contribution in [2.75, 3.05) is 17.8 Å². The Bertz CT molecular complexity index is 1590. The first-order valence-corrected chi connectivity index (χ1v) is 14.2. The van der Waals surface area contributed by atoms with Crippen LogP contribution in [0.3, 0.4) is 0 Å². The van der Waals surface area contributed by atoms with Gasteiger partial charge in [-0.05, 0) is 55.5 Å². The standard InChI is InChI=1S/C28H30N6O4S/c1-19-7-6-8-20(2)27(19)24-16-25(31-28(30-24)32-39(36,37)23-17-29-33(3)18-23)38-22-11-9-21(10-12-22)15-26(35)34-13-4-5-14-34/h6-12,16-18H,4-5,13-15H2,1-3H3,(H,30,31,32). The number of hydrogen-bond acceptors (Lipinski definition) is 7. The lowest BCUT2D eigenvalue weighted by Gasteiger charge is -2.15. The van der Waals surface area contributed by atoms with Gasteiger partial charge in [0.15, 0.2) is 0 Å². The number of aromatic nitrogens is 4. The zero-order valence-corrected chi connectivity index (χ0v) is 22.9. The lowest BCUT2D eigenvalue weighted by Crippen LogP contribution is -2.28. The van der Waals surface area contributed by atoms with Gasteiger partial charge in [-0.25, -0.2) is 18.1 Å². The van der Waals surface area contributed by atoms with Crippen LogP contribution in [0.1, 0.15) is 29.5 Å². The number of likely N-dealkylation sites (tertiary alicyclic amines) is 1. The second-order valence-electron chi connectivity index (χ2n) is 9.65. The number of nitrogens with one attached hydrogen (secondary N) is 1. The van der Waals surface area contributed by atoms with Crippen molar-refractivity contribution in [1.29, 1.82) is 0 Å². The molecule has 0 aliphatic carbocycles. The fourth-order valence-electron chi connectivity index (χ4n) is 4.64. The van der Waals surface area contributed by atoms with Crippen molar-refractivity contribution in [2.45, 2.75) is 38.0 Å². The van der Waals surface area contributed by atoms with Gasteiger partial charge < -0.3 is 9.64 Å². The number of amides is 1. The second kappa shape index (κ2) is 10.9. The highest BCUT2D eigenvalue weighted by Crippen LogP contribution is 2.31. The molecule has 1 aliphatic rings. The van der Waals surface area contributed by atoms with Crippen LogP contribution in [0.15, 0.2) is 65.8 Å². The van der Waals surface area contributed by atoms with Gasteiger partial charge in [0.1, 0.15) is 10.6 Å². The third kappa shape index (κ3) is 6.09. The van der Waals surface area contributed by atoms with Gasteiger partial charge in [-0.2, -0.15) is 10.1 Å². The number of carbonyl (C=O) groups excluding carboxylic acids is 1. The molecule has 10 nitrogen and oxygen atoms in total. The van der Waals surface area contributed by atoms with Crippen LogP contribution in [-0.2, 0) is 28.3 Å². The van der Waals surface area contributed by atoms with E-state index in [2.05, 4.69) is 19.8 Å². The lowest BCUT2D eigenvalue weighted by atomic mass is 10.00. The van der Waals surface area contributed by atoms with E-state index < -0.39 is 10.0 Å². The van der Waals surface area contributed by atoms with E-state index in [0.717, 1.165) is 48.2 Å². The maximum Gasteiger partial charge on any atom is 0.267 e. The molecule has 5 rings (SSSR count). The fourth-order valence-corrected chi connectivity index (χ4v) is 5.56. The minimum atomic E-state index is -3.98. The topological polar surface area (TPSA) is 119 Å². The molecule has 3 heterocycles. The van der Waals surface area contributed by atoms with Gasteiger partial charge in [-0.1, -0.05) is 30.3 Å². The first kappa shape index (κ1) is 26.4. The summed E-state index contributed by atoms with van der Waals surface area (Å²) in [5.41, 5.74) is 4.23. The quantitative estimate of drug-likeness (QED) is 0.351. The van der Waals surface area contributed by atoms with Crippen LogP contribution in [0.4, 0.5) is 5.95 Å². The summed E-state index contributed by atoms with van der Waals surface area (Å²) in [6, 6.07) is 14.8. The number of ether oxygens (including phenoxy) is 1. The molecule has 1 aliphatic heterocycles. The molecular weight excluding hydrogens is 516 g/mol. The largest absolute Gasteiger partial charge is 0.439 e. The first-order chi connectivity index (χ1) is 18.7. The van der Waals surface area contributed by atoms with Crippen molar-refractivity contribution in [3.05, 3.63) is 77.6 Å². The van der Waals surface area contributed by atoms with Gasteiger partial charge in [0, 0.05) is 38.0 Å². The van der Waals surface area contributed by atoms with Gasteiger partial charge in [0.2, 0.25) is 17.7 Å². The normalized spacial score (nSPS) is 13.5. The Hall–Kier alpha value is -4.25. The number of nitrogens with zero attached hydrogens (tertiary/aromatic N) is 5. The molecule has 1 amide bonds. The number of aryl methyl sites for hydroxylation is 3. The van der Waals surface area contributed by atoms with Crippen molar-refractivity contribution >= 4 is 21.9 Å². The predicted molar refractivity (Wildman–Crippen MR) is 147 cm³/mol. The van der Waals surface area contributed by atoms with E-state index >= 15 is 0 Å². The van der Waals surface area contributed by atoms with E-state index in [1.807, 2.05) is 49.1 Å². The molecule has 2 aromatic carbocycles. The van der Waals surface area contributed by atoms with Crippen molar-refractivity contribution < 1.29 is 17.9 Å². The van der Waals surface area contributed by atoms with Crippen molar-refractivity contribution in [3.8, 4) is 22.9 Å². The van der Waals surface area contributed by atoms with E-state index in [1.165, 1.54) is 17.1 Å². The summed E-state index contributed by atoms with van der Waals surface area (Å²) >= 11 is 0. The number of benzene rings is 2. The molecule has 0 unspecified atom stereocenters. The molecule has 39 heavy (non-hydrogen) atoms. The summed E-state index contributed by atoms with van der Waals surface area (Å²) in [6.07, 6.45) is 5.10. The van der Waals surface area contributed by atoms with E-state index in [9.17, 15) is 13.2 Å². The molecule has 0 radical (unpaired) electrons. The minimum Gasteiger partial charge on any atom is -0.439 e. The Balaban J connectivity index is 1.43. The van der Waals surface area contributed by atoms with Crippen LogP contribution in [0.25, 0.3) is 11.3 Å². The average molecular weight is 547 g/mol. The van der Waals surface area contributed by atoms with E-state index in [-0.39, 0.29) is 22.6 Å². The Morgan fingerprint density at radius 3 is 2.36 bits per heavy atom. The lowest BCUT2D eigenvalue weighted by molar-refractivity contribution is -0.129. The highest BCUT2D eigenvalue weighted by atomic mass is 32.2. The third-order valence-electron chi connectivity index (χ3n) is 6.62. The maximum atomic E-state index is 13.0. The van der Waals surface area contributed by atoms with Crippen LogP contribution in [0.5, 0.6) is 11.6 Å². The number of hydrogen-bond donors (Lipinski definition) is 1. The average Bonchev–Trinajstić information content (AvgIpc) is 3.58. The molecule has 1 N–H and O–H groups in total. The zero-order valence-electron chi connectivity index (χ0n) is 22.1. The molecule has 0 saturated carbocycles. The molecule has 0 atom stereocenters. The molecule has 0 bridgehead atoms. The summed E-state index contributed by atoms with van der Waals surface area (Å²) < 4.78 is 35.8. The Labute approximate surface area is 227 Å². The molecule has 202 valence electrons. The fraction of sp³-hybridized carbons (Fsp3) is 0.286. The van der Waals surface area contributed by atoms with Gasteiger partial charge in [-0.15, -0.1) is 0 Å². The summed E-state index contributed by atoms with van der Waals surface area (Å²) in [6.45, 7) is 5.58. The number of anilines is 1. The molecule has 1 saturated heterocycles. The third-order valence-corrected chi connectivity index (χ3v) is 7.90. The van der Waals surface area contributed by atoms with Crippen LogP contribution >= 0.6 is 0 Å². The maximum absolute atomic E-state index is 13.0. The number of rotatable bonds is 8. The van der Waals surface area contributed by atoms with E-state index in [4.69, 9.17) is 4.74 Å². The molecule has 0 spiro atoms. The zero-order chi connectivity index (χ0) is 27.6. The molecule has 4 aromatic rings. The molecule has 2 aromatic heterocycles. The second-order valence-corrected chi connectivity index (χ2v) is 11.3. The van der Waals surface area contributed by atoms with Crippen LogP contribution in [0.2, 0.25) is 0 Å². The van der Waals surface area contributed by atoms with Crippen LogP contribution < -0.4 is 9.46 Å². The summed E-state index contributed by atoms with van der Waals surface area (Å²) in [5, 5.41) is 3.94. The van der Waals surface area contributed by atoms with Crippen LogP contribution in [0, 0.1) is 13.8 Å². The summed E-state index contributed by atoms with van der Waals surface area (Å²) in [4.78, 5) is 23.2. The number of carbonyl (C=O) groups is 1. The first-order valence-electron chi connectivity index (χ1n) is 12.7. The van der Waals surface area contributed by atoms with Crippen LogP contribution in [-0.4, -0.2) is 52.1 Å². The van der Waals surface area contributed by atoms with Crippen molar-refractivity contribution in [3.63, 3.8) is 0 Å². The number of sulfonamides is 1. The van der Waals surface area contributed by atoms with E-state index in [0.29, 0.717) is 17.9 Å². The van der Waals surface area contributed by atoms with Crippen molar-refractivity contribution in [1.82, 2.24) is 24.6 Å². The van der Waals surface area contributed by atoms with Gasteiger partial charge >= 0.3 is 0 Å². The minimum absolute atomic E-state index is 0.00684. The Kier molecular flexibility index (Phi) is 7.34. The van der Waals surface area contributed by atoms with E-state index in [1.54, 1.807) is 25.2 Å². The Morgan fingerprint density at radius 1 is 1.03 bits per heavy atom. The molecular formula is C28H30N6O4S. The van der Waals surface area contributed by atoms with Gasteiger partial charge in [0.05, 0.1) is 18.3 Å². The highest BCUT2D eigenvalue weighted by molar-refractivity contribution is 7.92. The SMILES string of the molecule is Cc1cccc(C)c1-c1cc(Oc2ccc(CC(=O)N3CCCC3)cc2)nc(NS(=O)(=O)c2cnn(C)c2)n1. The summed E-state index contributed by atoms with van der Waals surface area (Å²) in [5.74, 6) is 0.676. The predicted octanol–water partition coefficient (Wildman–Crippen LogP) is 4.25. The molecule has 1 fully saturated rings.